The van der Waals surface area contributed by atoms with E-state index in [-0.39, 0.29) is 12.1 Å². The van der Waals surface area contributed by atoms with Crippen LogP contribution >= 0.6 is 0 Å². The summed E-state index contributed by atoms with van der Waals surface area (Å²) in [6.07, 6.45) is 6.63. The number of aromatic nitrogens is 7. The average molecular weight is 452 g/mol. The molecule has 1 fully saturated rings. The number of morpholine rings is 1. The molecule has 1 atom stereocenters. The molecule has 0 unspecified atom stereocenters. The van der Waals surface area contributed by atoms with Crippen LogP contribution in [-0.2, 0) is 17.8 Å². The van der Waals surface area contributed by atoms with Gasteiger partial charge in [0, 0.05) is 36.6 Å². The molecule has 1 aliphatic heterocycles. The predicted molar refractivity (Wildman–Crippen MR) is 118 cm³/mol. The van der Waals surface area contributed by atoms with Crippen LogP contribution in [0.4, 0.5) is 4.39 Å². The lowest BCUT2D eigenvalue weighted by Crippen LogP contribution is -2.40. The number of rotatable bonds is 7. The number of nitrogens with one attached hydrogen (secondary N) is 1. The number of halogens is 1. The fourth-order valence-corrected chi connectivity index (χ4v) is 3.93. The van der Waals surface area contributed by atoms with E-state index < -0.39 is 5.82 Å². The van der Waals surface area contributed by atoms with Crippen LogP contribution < -0.4 is 10.1 Å². The van der Waals surface area contributed by atoms with Crippen LogP contribution in [0.1, 0.15) is 18.2 Å². The van der Waals surface area contributed by atoms with Crippen molar-refractivity contribution in [2.24, 2.45) is 0 Å². The van der Waals surface area contributed by atoms with Gasteiger partial charge in [-0.15, -0.1) is 0 Å². The molecule has 0 saturated carbocycles. The van der Waals surface area contributed by atoms with E-state index in [2.05, 4.69) is 25.4 Å². The molecular weight excluding hydrogens is 427 g/mol. The molecule has 11 heteroatoms. The number of imidazole rings is 1. The molecular formula is C22H25FN8O2. The molecule has 33 heavy (non-hydrogen) atoms. The molecule has 4 aromatic heterocycles. The monoisotopic (exact) mass is 452 g/mol. The van der Waals surface area contributed by atoms with Crippen molar-refractivity contribution in [2.45, 2.75) is 33.0 Å². The summed E-state index contributed by atoms with van der Waals surface area (Å²) >= 11 is 0. The number of ether oxygens (including phenoxy) is 2. The zero-order valence-electron chi connectivity index (χ0n) is 18.5. The van der Waals surface area contributed by atoms with Crippen molar-refractivity contribution < 1.29 is 13.9 Å². The van der Waals surface area contributed by atoms with E-state index in [1.807, 2.05) is 35.5 Å². The molecule has 4 aromatic rings. The largest absolute Gasteiger partial charge is 0.464 e. The summed E-state index contributed by atoms with van der Waals surface area (Å²) in [6, 6.07) is 1.69. The van der Waals surface area contributed by atoms with Crippen LogP contribution in [0, 0.1) is 12.7 Å². The maximum atomic E-state index is 14.0. The van der Waals surface area contributed by atoms with Crippen molar-refractivity contribution in [1.82, 2.24) is 39.6 Å². The molecule has 1 saturated heterocycles. The molecule has 0 aliphatic carbocycles. The first kappa shape index (κ1) is 21.4. The van der Waals surface area contributed by atoms with Crippen molar-refractivity contribution in [2.75, 3.05) is 26.3 Å². The first-order valence-electron chi connectivity index (χ1n) is 10.9. The zero-order valence-corrected chi connectivity index (χ0v) is 18.5. The minimum atomic E-state index is -0.433. The second-order valence-electron chi connectivity index (χ2n) is 7.88. The van der Waals surface area contributed by atoms with Crippen molar-refractivity contribution in [3.05, 3.63) is 47.9 Å². The van der Waals surface area contributed by atoms with Crippen LogP contribution in [0.5, 0.6) is 6.01 Å². The van der Waals surface area contributed by atoms with Gasteiger partial charge >= 0.3 is 6.01 Å². The Kier molecular flexibility index (Phi) is 5.97. The Hall–Kier alpha value is -3.44. The maximum absolute atomic E-state index is 14.0. The number of aryl methyl sites for hydroxylation is 1. The van der Waals surface area contributed by atoms with Crippen LogP contribution in [0.3, 0.4) is 0 Å². The van der Waals surface area contributed by atoms with E-state index in [9.17, 15) is 4.39 Å². The fourth-order valence-electron chi connectivity index (χ4n) is 3.93. The molecule has 5 rings (SSSR count). The highest BCUT2D eigenvalue weighted by Gasteiger charge is 2.20. The molecule has 5 heterocycles. The van der Waals surface area contributed by atoms with Crippen LogP contribution in [0.2, 0.25) is 0 Å². The predicted octanol–water partition coefficient (Wildman–Crippen LogP) is 1.97. The fraction of sp³-hybridized carbons (Fsp3) is 0.409. The van der Waals surface area contributed by atoms with Gasteiger partial charge in [-0.2, -0.15) is 15.1 Å². The van der Waals surface area contributed by atoms with Crippen molar-refractivity contribution in [3.8, 4) is 17.4 Å². The lowest BCUT2D eigenvalue weighted by molar-refractivity contribution is 0.0161. The van der Waals surface area contributed by atoms with E-state index in [0.717, 1.165) is 18.7 Å². The Morgan fingerprint density at radius 3 is 2.94 bits per heavy atom. The Bertz CT molecular complexity index is 1260. The highest BCUT2D eigenvalue weighted by Crippen LogP contribution is 2.27. The van der Waals surface area contributed by atoms with Crippen molar-refractivity contribution in [1.29, 1.82) is 0 Å². The topological polar surface area (TPSA) is 105 Å². The highest BCUT2D eigenvalue weighted by molar-refractivity contribution is 5.79. The Morgan fingerprint density at radius 1 is 1.24 bits per heavy atom. The summed E-state index contributed by atoms with van der Waals surface area (Å²) in [7, 11) is 0. The molecule has 0 radical (unpaired) electrons. The minimum Gasteiger partial charge on any atom is -0.464 e. The van der Waals surface area contributed by atoms with E-state index in [1.54, 1.807) is 6.20 Å². The number of hydrogen-bond acceptors (Lipinski definition) is 8. The van der Waals surface area contributed by atoms with E-state index in [1.165, 1.54) is 12.3 Å². The molecule has 0 aromatic carbocycles. The first-order chi connectivity index (χ1) is 16.1. The van der Waals surface area contributed by atoms with Crippen LogP contribution in [0.25, 0.3) is 22.6 Å². The standard InChI is InChI=1S/C22H25FN8O2/c1-3-32-22-27-14(2)19-21(29-22)31(20(28-19)16-6-17(23)9-25-8-16)12-15-7-26-30(11-15)13-18-10-24-4-5-33-18/h6-9,11,18,24H,3-5,10,12-13H2,1-2H3/t18-/m1/s1. The zero-order chi connectivity index (χ0) is 22.8. The van der Waals surface area contributed by atoms with Gasteiger partial charge in [0.25, 0.3) is 0 Å². The number of hydrogen-bond donors (Lipinski definition) is 1. The summed E-state index contributed by atoms with van der Waals surface area (Å²) < 4.78 is 29.1. The van der Waals surface area contributed by atoms with Gasteiger partial charge in [-0.25, -0.2) is 9.37 Å². The van der Waals surface area contributed by atoms with E-state index in [4.69, 9.17) is 14.5 Å². The molecule has 0 amide bonds. The van der Waals surface area contributed by atoms with Gasteiger partial charge in [0.1, 0.15) is 17.2 Å². The van der Waals surface area contributed by atoms with Crippen LogP contribution in [-0.4, -0.2) is 66.7 Å². The number of pyridine rings is 1. The molecule has 1 N–H and O–H groups in total. The van der Waals surface area contributed by atoms with Crippen molar-refractivity contribution >= 4 is 11.2 Å². The first-order valence-corrected chi connectivity index (χ1v) is 10.9. The molecule has 0 spiro atoms. The lowest BCUT2D eigenvalue weighted by atomic mass is 10.2. The SMILES string of the molecule is CCOc1nc(C)c2nc(-c3cncc(F)c3)n(Cc3cnn(C[C@H]4CNCCO4)c3)c2n1. The molecule has 172 valence electrons. The number of nitrogens with zero attached hydrogens (tertiary/aromatic N) is 7. The summed E-state index contributed by atoms with van der Waals surface area (Å²) in [6.45, 7) is 7.66. The summed E-state index contributed by atoms with van der Waals surface area (Å²) in [5.41, 5.74) is 3.44. The normalized spacial score (nSPS) is 16.4. The van der Waals surface area contributed by atoms with Gasteiger partial charge < -0.3 is 19.4 Å². The quantitative estimate of drug-likeness (QED) is 0.454. The third-order valence-corrected chi connectivity index (χ3v) is 5.41. The van der Waals surface area contributed by atoms with Gasteiger partial charge in [-0.1, -0.05) is 0 Å². The third-order valence-electron chi connectivity index (χ3n) is 5.41. The van der Waals surface area contributed by atoms with Gasteiger partial charge in [0.15, 0.2) is 5.65 Å². The van der Waals surface area contributed by atoms with E-state index in [0.29, 0.717) is 54.5 Å². The molecule has 0 bridgehead atoms. The smallest absolute Gasteiger partial charge is 0.318 e. The van der Waals surface area contributed by atoms with Crippen molar-refractivity contribution in [3.63, 3.8) is 0 Å². The Labute approximate surface area is 189 Å². The minimum absolute atomic E-state index is 0.0821. The molecule has 1 aliphatic rings. The van der Waals surface area contributed by atoms with Gasteiger partial charge in [0.05, 0.1) is 50.5 Å². The second-order valence-corrected chi connectivity index (χ2v) is 7.88. The summed E-state index contributed by atoms with van der Waals surface area (Å²) in [4.78, 5) is 17.7. The summed E-state index contributed by atoms with van der Waals surface area (Å²) in [5.74, 6) is 0.119. The van der Waals surface area contributed by atoms with Crippen LogP contribution in [0.15, 0.2) is 30.9 Å². The van der Waals surface area contributed by atoms with E-state index >= 15 is 0 Å². The summed E-state index contributed by atoms with van der Waals surface area (Å²) in [5, 5.41) is 7.83. The Balaban J connectivity index is 1.53. The molecule has 10 nitrogen and oxygen atoms in total. The maximum Gasteiger partial charge on any atom is 0.318 e. The average Bonchev–Trinajstić information content (AvgIpc) is 3.40. The number of fused-ring (bicyclic) bond motifs is 1. The van der Waals surface area contributed by atoms with Gasteiger partial charge in [-0.3, -0.25) is 9.67 Å². The lowest BCUT2D eigenvalue weighted by Gasteiger charge is -2.23. The van der Waals surface area contributed by atoms with Gasteiger partial charge in [-0.05, 0) is 19.9 Å². The third kappa shape index (κ3) is 4.55. The van der Waals surface area contributed by atoms with Gasteiger partial charge in [0.2, 0.25) is 0 Å². The second kappa shape index (κ2) is 9.20. The Morgan fingerprint density at radius 2 is 2.15 bits per heavy atom. The highest BCUT2D eigenvalue weighted by atomic mass is 19.1.